The third-order valence-electron chi connectivity index (χ3n) is 0.533. The van der Waals surface area contributed by atoms with Crippen molar-refractivity contribution in [3.8, 4) is 0 Å². The molecule has 0 saturated heterocycles. The number of primary amides is 1. The highest BCUT2D eigenvalue weighted by Gasteiger charge is 2.05. The molecule has 0 aromatic heterocycles. The highest BCUT2D eigenvalue weighted by molar-refractivity contribution is 7.97. The molecule has 52 valence electrons. The van der Waals surface area contributed by atoms with E-state index in [1.165, 1.54) is 0 Å². The Hall–Kier alpha value is -0.710. The van der Waals surface area contributed by atoms with Gasteiger partial charge in [0, 0.05) is 5.75 Å². The van der Waals surface area contributed by atoms with Gasteiger partial charge in [-0.05, 0) is 0 Å². The molecular weight excluding hydrogens is 140 g/mol. The number of carbonyl (C=O) groups is 2. The van der Waals surface area contributed by atoms with Gasteiger partial charge in [0.1, 0.15) is 0 Å². The Labute approximate surface area is 57.3 Å². The number of hydrogen-bond donors (Lipinski definition) is 2. The topological polar surface area (TPSA) is 72.2 Å². The van der Waals surface area contributed by atoms with E-state index in [1.807, 2.05) is 6.92 Å². The number of rotatable bonds is 2. The van der Waals surface area contributed by atoms with Gasteiger partial charge in [-0.1, -0.05) is 18.9 Å². The van der Waals surface area contributed by atoms with Gasteiger partial charge in [0.15, 0.2) is 0 Å². The highest BCUT2D eigenvalue weighted by Crippen LogP contribution is 1.88. The van der Waals surface area contributed by atoms with E-state index in [2.05, 4.69) is 10.5 Å². The first-order chi connectivity index (χ1) is 4.18. The zero-order chi connectivity index (χ0) is 7.28. The fourth-order valence-corrected chi connectivity index (χ4v) is 0.564. The van der Waals surface area contributed by atoms with Gasteiger partial charge in [-0.2, -0.15) is 0 Å². The SMILES string of the molecule is CCSNC(=O)C(N)=O. The Bertz CT molecular complexity index is 126. The molecule has 0 saturated carbocycles. The molecule has 9 heavy (non-hydrogen) atoms. The second-order valence-corrected chi connectivity index (χ2v) is 2.30. The Morgan fingerprint density at radius 1 is 1.67 bits per heavy atom. The highest BCUT2D eigenvalue weighted by atomic mass is 32.2. The smallest absolute Gasteiger partial charge is 0.318 e. The van der Waals surface area contributed by atoms with E-state index in [-0.39, 0.29) is 0 Å². The molecule has 0 aliphatic heterocycles. The zero-order valence-corrected chi connectivity index (χ0v) is 5.83. The van der Waals surface area contributed by atoms with Crippen LogP contribution in [-0.2, 0) is 9.59 Å². The Morgan fingerprint density at radius 2 is 2.22 bits per heavy atom. The number of carbonyl (C=O) groups excluding carboxylic acids is 2. The Morgan fingerprint density at radius 3 is 2.56 bits per heavy atom. The molecule has 0 aromatic rings. The van der Waals surface area contributed by atoms with Crippen LogP contribution >= 0.6 is 11.9 Å². The summed E-state index contributed by atoms with van der Waals surface area (Å²) >= 11 is 1.14. The van der Waals surface area contributed by atoms with Crippen LogP contribution in [0.2, 0.25) is 0 Å². The van der Waals surface area contributed by atoms with E-state index in [1.54, 1.807) is 0 Å². The zero-order valence-electron chi connectivity index (χ0n) is 5.01. The first-order valence-electron chi connectivity index (χ1n) is 2.40. The van der Waals surface area contributed by atoms with Gasteiger partial charge >= 0.3 is 11.8 Å². The molecule has 0 aliphatic carbocycles. The summed E-state index contributed by atoms with van der Waals surface area (Å²) in [5, 5.41) is 0. The fraction of sp³-hybridized carbons (Fsp3) is 0.500. The largest absolute Gasteiger partial charge is 0.361 e. The standard InChI is InChI=1S/C4H8N2O2S/c1-2-9-6-4(8)3(5)7/h2H2,1H3,(H2,5,7)(H,6,8). The Balaban J connectivity index is 3.39. The maximum atomic E-state index is 10.3. The van der Waals surface area contributed by atoms with Crippen LogP contribution in [0, 0.1) is 0 Å². The van der Waals surface area contributed by atoms with E-state index in [9.17, 15) is 9.59 Å². The number of amides is 2. The maximum Gasteiger partial charge on any atom is 0.318 e. The van der Waals surface area contributed by atoms with Crippen LogP contribution in [0.25, 0.3) is 0 Å². The van der Waals surface area contributed by atoms with Crippen molar-refractivity contribution in [2.45, 2.75) is 6.92 Å². The van der Waals surface area contributed by atoms with Crippen molar-refractivity contribution >= 4 is 23.8 Å². The summed E-state index contributed by atoms with van der Waals surface area (Å²) in [5.41, 5.74) is 4.61. The second kappa shape index (κ2) is 4.20. The first-order valence-corrected chi connectivity index (χ1v) is 3.38. The molecule has 0 spiro atoms. The lowest BCUT2D eigenvalue weighted by Crippen LogP contribution is -2.32. The van der Waals surface area contributed by atoms with Crippen LogP contribution in [0.3, 0.4) is 0 Å². The molecule has 5 heteroatoms. The van der Waals surface area contributed by atoms with Crippen LogP contribution in [0.4, 0.5) is 0 Å². The van der Waals surface area contributed by atoms with Crippen molar-refractivity contribution in [3.05, 3.63) is 0 Å². The van der Waals surface area contributed by atoms with Crippen molar-refractivity contribution in [2.24, 2.45) is 5.73 Å². The number of hydrogen-bond acceptors (Lipinski definition) is 3. The predicted molar refractivity (Wildman–Crippen MR) is 35.5 cm³/mol. The molecule has 0 fully saturated rings. The lowest BCUT2D eigenvalue weighted by atomic mass is 10.6. The van der Waals surface area contributed by atoms with E-state index in [4.69, 9.17) is 0 Å². The van der Waals surface area contributed by atoms with Crippen LogP contribution in [0.1, 0.15) is 6.92 Å². The summed E-state index contributed by atoms with van der Waals surface area (Å²) in [5.74, 6) is -0.975. The monoisotopic (exact) mass is 148 g/mol. The van der Waals surface area contributed by atoms with E-state index in [0.717, 1.165) is 17.7 Å². The Kier molecular flexibility index (Phi) is 3.87. The average molecular weight is 148 g/mol. The molecule has 0 aromatic carbocycles. The van der Waals surface area contributed by atoms with Gasteiger partial charge in [0.2, 0.25) is 0 Å². The van der Waals surface area contributed by atoms with E-state index in [0.29, 0.717) is 0 Å². The number of nitrogens with one attached hydrogen (secondary N) is 1. The lowest BCUT2D eigenvalue weighted by Gasteiger charge is -1.95. The molecule has 0 atom stereocenters. The first kappa shape index (κ1) is 8.29. The van der Waals surface area contributed by atoms with Crippen LogP contribution in [-0.4, -0.2) is 17.6 Å². The van der Waals surface area contributed by atoms with Gasteiger partial charge in [0.25, 0.3) is 0 Å². The summed E-state index contributed by atoms with van der Waals surface area (Å²) in [6.45, 7) is 1.85. The van der Waals surface area contributed by atoms with Crippen LogP contribution in [0.5, 0.6) is 0 Å². The van der Waals surface area contributed by atoms with Gasteiger partial charge in [-0.3, -0.25) is 14.3 Å². The van der Waals surface area contributed by atoms with Crippen molar-refractivity contribution in [1.29, 1.82) is 0 Å². The molecule has 0 heterocycles. The maximum absolute atomic E-state index is 10.3. The minimum absolute atomic E-state index is 0.721. The average Bonchev–Trinajstić information content (AvgIpc) is 1.82. The van der Waals surface area contributed by atoms with E-state index >= 15 is 0 Å². The summed E-state index contributed by atoms with van der Waals surface area (Å²) in [4.78, 5) is 20.3. The molecular formula is C4H8N2O2S. The molecule has 0 aliphatic rings. The van der Waals surface area contributed by atoms with Crippen molar-refractivity contribution < 1.29 is 9.59 Å². The summed E-state index contributed by atoms with van der Waals surface area (Å²) in [6.07, 6.45) is 0. The molecule has 0 unspecified atom stereocenters. The second-order valence-electron chi connectivity index (χ2n) is 1.23. The minimum atomic E-state index is -0.948. The number of nitrogens with two attached hydrogens (primary N) is 1. The molecule has 2 amide bonds. The third-order valence-corrected chi connectivity index (χ3v) is 1.15. The van der Waals surface area contributed by atoms with Crippen LogP contribution in [0.15, 0.2) is 0 Å². The third kappa shape index (κ3) is 3.84. The molecule has 0 radical (unpaired) electrons. The summed E-state index contributed by atoms with van der Waals surface area (Å²) in [7, 11) is 0. The van der Waals surface area contributed by atoms with Crippen LogP contribution < -0.4 is 10.5 Å². The van der Waals surface area contributed by atoms with Crippen molar-refractivity contribution in [2.75, 3.05) is 5.75 Å². The van der Waals surface area contributed by atoms with Crippen molar-refractivity contribution in [3.63, 3.8) is 0 Å². The molecule has 0 bridgehead atoms. The van der Waals surface area contributed by atoms with Gasteiger partial charge in [-0.15, -0.1) is 0 Å². The summed E-state index contributed by atoms with van der Waals surface area (Å²) in [6, 6.07) is 0. The molecule has 0 rings (SSSR count). The minimum Gasteiger partial charge on any atom is -0.361 e. The quantitative estimate of drug-likeness (QED) is 0.400. The normalized spacial score (nSPS) is 8.56. The lowest BCUT2D eigenvalue weighted by molar-refractivity contribution is -0.136. The predicted octanol–water partition coefficient (Wildman–Crippen LogP) is -0.744. The van der Waals surface area contributed by atoms with Gasteiger partial charge in [0.05, 0.1) is 0 Å². The fourth-order valence-electron chi connectivity index (χ4n) is 0.188. The van der Waals surface area contributed by atoms with E-state index < -0.39 is 11.8 Å². The molecule has 4 nitrogen and oxygen atoms in total. The van der Waals surface area contributed by atoms with Crippen molar-refractivity contribution in [1.82, 2.24) is 4.72 Å². The molecule has 3 N–H and O–H groups in total. The van der Waals surface area contributed by atoms with Gasteiger partial charge in [-0.25, -0.2) is 0 Å². The summed E-state index contributed by atoms with van der Waals surface area (Å²) < 4.78 is 2.23. The van der Waals surface area contributed by atoms with Gasteiger partial charge < -0.3 is 5.73 Å².